The lowest BCUT2D eigenvalue weighted by atomic mass is 10.0. The maximum atomic E-state index is 11.7. The summed E-state index contributed by atoms with van der Waals surface area (Å²) in [6, 6.07) is 11.5. The zero-order valence-corrected chi connectivity index (χ0v) is 12.7. The molecule has 20 heavy (non-hydrogen) atoms. The molecule has 1 aliphatic rings. The Kier molecular flexibility index (Phi) is 3.14. The molecule has 4 nitrogen and oxygen atoms in total. The normalized spacial score (nSPS) is 24.9. The van der Waals surface area contributed by atoms with Crippen LogP contribution in [0.4, 0.5) is 0 Å². The summed E-state index contributed by atoms with van der Waals surface area (Å²) in [6.07, 6.45) is 0.547. The third-order valence-corrected chi connectivity index (χ3v) is 5.89. The van der Waals surface area contributed by atoms with E-state index in [-0.39, 0.29) is 11.5 Å². The number of rotatable bonds is 2. The fraction of sp³-hybridized carbons (Fsp3) is 0.357. The fourth-order valence-electron chi connectivity index (χ4n) is 2.65. The van der Waals surface area contributed by atoms with Crippen molar-refractivity contribution in [3.05, 3.63) is 41.6 Å². The highest BCUT2D eigenvalue weighted by Gasteiger charge is 2.41. The van der Waals surface area contributed by atoms with E-state index in [1.807, 2.05) is 37.3 Å². The van der Waals surface area contributed by atoms with Crippen molar-refractivity contribution in [1.29, 1.82) is 0 Å². The maximum absolute atomic E-state index is 11.7. The second kappa shape index (κ2) is 4.60. The monoisotopic (exact) mass is 310 g/mol. The Hall–Kier alpha value is -1.33. The number of nitrogens with zero attached hydrogens (tertiary/aromatic N) is 2. The quantitative estimate of drug-likeness (QED) is 0.857. The largest absolute Gasteiger partial charge is 0.247 e. The van der Waals surface area contributed by atoms with Crippen LogP contribution in [0.3, 0.4) is 0 Å². The molecule has 1 aromatic heterocycles. The molecule has 2 heterocycles. The topological polar surface area (TPSA) is 52.0 Å². The Balaban J connectivity index is 2.03. The average molecular weight is 311 g/mol. The van der Waals surface area contributed by atoms with Crippen molar-refractivity contribution in [3.63, 3.8) is 0 Å². The van der Waals surface area contributed by atoms with Gasteiger partial charge in [-0.3, -0.25) is 0 Å². The first-order valence-electron chi connectivity index (χ1n) is 6.42. The zero-order valence-electron chi connectivity index (χ0n) is 11.1. The van der Waals surface area contributed by atoms with E-state index in [0.29, 0.717) is 11.6 Å². The minimum Gasteiger partial charge on any atom is -0.247 e. The summed E-state index contributed by atoms with van der Waals surface area (Å²) >= 11 is 6.26. The van der Waals surface area contributed by atoms with E-state index < -0.39 is 15.4 Å². The van der Waals surface area contributed by atoms with Gasteiger partial charge in [0.1, 0.15) is 5.15 Å². The van der Waals surface area contributed by atoms with E-state index in [2.05, 4.69) is 5.10 Å². The van der Waals surface area contributed by atoms with Gasteiger partial charge in [-0.2, -0.15) is 5.10 Å². The van der Waals surface area contributed by atoms with Crippen LogP contribution < -0.4 is 0 Å². The molecule has 0 amide bonds. The van der Waals surface area contributed by atoms with Crippen LogP contribution in [0.2, 0.25) is 5.15 Å². The molecule has 1 aliphatic heterocycles. The average Bonchev–Trinajstić information content (AvgIpc) is 2.92. The van der Waals surface area contributed by atoms with Gasteiger partial charge in [0.25, 0.3) is 0 Å². The van der Waals surface area contributed by atoms with Gasteiger partial charge in [0.05, 0.1) is 22.7 Å². The molecule has 1 saturated heterocycles. The molecule has 0 saturated carbocycles. The second-order valence-electron chi connectivity index (χ2n) is 5.47. The lowest BCUT2D eigenvalue weighted by molar-refractivity contribution is 0.330. The van der Waals surface area contributed by atoms with E-state index in [1.54, 1.807) is 10.7 Å². The molecule has 0 bridgehead atoms. The highest BCUT2D eigenvalue weighted by molar-refractivity contribution is 7.91. The van der Waals surface area contributed by atoms with Gasteiger partial charge >= 0.3 is 0 Å². The van der Waals surface area contributed by atoms with Crippen molar-refractivity contribution in [3.8, 4) is 11.3 Å². The molecule has 0 aliphatic carbocycles. The summed E-state index contributed by atoms with van der Waals surface area (Å²) in [6.45, 7) is 1.89. The third-order valence-electron chi connectivity index (χ3n) is 3.73. The molecule has 1 aromatic carbocycles. The summed E-state index contributed by atoms with van der Waals surface area (Å²) < 4.78 is 25.1. The number of halogens is 1. The van der Waals surface area contributed by atoms with Crippen LogP contribution in [0.1, 0.15) is 13.3 Å². The molecular formula is C14H15ClN2O2S. The Bertz CT molecular complexity index is 740. The van der Waals surface area contributed by atoms with Crippen LogP contribution in [0.15, 0.2) is 36.4 Å². The standard InChI is InChI=1S/C14H15ClN2O2S/c1-14(7-8-20(18,19)10-14)17-13(15)9-12(16-17)11-5-3-2-4-6-11/h2-6,9H,7-8,10H2,1H3. The Morgan fingerprint density at radius 2 is 2.00 bits per heavy atom. The van der Waals surface area contributed by atoms with Gasteiger partial charge in [-0.05, 0) is 13.3 Å². The zero-order chi connectivity index (χ0) is 14.4. The second-order valence-corrected chi connectivity index (χ2v) is 8.04. The minimum atomic E-state index is -2.99. The summed E-state index contributed by atoms with van der Waals surface area (Å²) in [5.74, 6) is 0.288. The Morgan fingerprint density at radius 3 is 2.60 bits per heavy atom. The molecule has 2 aromatic rings. The van der Waals surface area contributed by atoms with Crippen LogP contribution in [-0.2, 0) is 15.4 Å². The number of hydrogen-bond acceptors (Lipinski definition) is 3. The van der Waals surface area contributed by atoms with Crippen molar-refractivity contribution in [1.82, 2.24) is 9.78 Å². The van der Waals surface area contributed by atoms with Gasteiger partial charge in [0, 0.05) is 11.6 Å². The van der Waals surface area contributed by atoms with Gasteiger partial charge in [0.2, 0.25) is 0 Å². The van der Waals surface area contributed by atoms with Gasteiger partial charge < -0.3 is 0 Å². The molecule has 1 unspecified atom stereocenters. The highest BCUT2D eigenvalue weighted by Crippen LogP contribution is 2.34. The van der Waals surface area contributed by atoms with Crippen molar-refractivity contribution in [2.75, 3.05) is 11.5 Å². The highest BCUT2D eigenvalue weighted by atomic mass is 35.5. The summed E-state index contributed by atoms with van der Waals surface area (Å²) in [7, 11) is -2.99. The first-order valence-corrected chi connectivity index (χ1v) is 8.61. The van der Waals surface area contributed by atoms with Gasteiger partial charge in [-0.25, -0.2) is 13.1 Å². The number of sulfone groups is 1. The maximum Gasteiger partial charge on any atom is 0.152 e. The first kappa shape index (κ1) is 13.6. The van der Waals surface area contributed by atoms with Crippen molar-refractivity contribution >= 4 is 21.4 Å². The molecule has 0 radical (unpaired) electrons. The summed E-state index contributed by atoms with van der Waals surface area (Å²) in [4.78, 5) is 0. The molecule has 106 valence electrons. The molecule has 0 spiro atoms. The number of hydrogen-bond donors (Lipinski definition) is 0. The molecule has 6 heteroatoms. The minimum absolute atomic E-state index is 0.0929. The molecule has 3 rings (SSSR count). The lowest BCUT2D eigenvalue weighted by Gasteiger charge is -2.23. The van der Waals surface area contributed by atoms with Crippen LogP contribution in [0, 0.1) is 0 Å². The predicted molar refractivity (Wildman–Crippen MR) is 79.6 cm³/mol. The molecule has 0 N–H and O–H groups in total. The predicted octanol–water partition coefficient (Wildman–Crippen LogP) is 2.74. The van der Waals surface area contributed by atoms with Crippen LogP contribution in [0.5, 0.6) is 0 Å². The van der Waals surface area contributed by atoms with E-state index in [4.69, 9.17) is 11.6 Å². The Morgan fingerprint density at radius 1 is 1.30 bits per heavy atom. The van der Waals surface area contributed by atoms with E-state index in [1.165, 1.54) is 0 Å². The van der Waals surface area contributed by atoms with E-state index >= 15 is 0 Å². The fourth-order valence-corrected chi connectivity index (χ4v) is 5.10. The van der Waals surface area contributed by atoms with E-state index in [0.717, 1.165) is 11.3 Å². The lowest BCUT2D eigenvalue weighted by Crippen LogP contribution is -2.32. The van der Waals surface area contributed by atoms with Crippen LogP contribution in [0.25, 0.3) is 11.3 Å². The SMILES string of the molecule is CC1(n2nc(-c3ccccc3)cc2Cl)CCS(=O)(=O)C1. The van der Waals surface area contributed by atoms with Gasteiger partial charge in [-0.1, -0.05) is 41.9 Å². The van der Waals surface area contributed by atoms with Crippen molar-refractivity contribution in [2.45, 2.75) is 18.9 Å². The van der Waals surface area contributed by atoms with Gasteiger partial charge in [-0.15, -0.1) is 0 Å². The van der Waals surface area contributed by atoms with E-state index in [9.17, 15) is 8.42 Å². The summed E-state index contributed by atoms with van der Waals surface area (Å²) in [5, 5.41) is 5.00. The first-order chi connectivity index (χ1) is 9.40. The third kappa shape index (κ3) is 2.36. The van der Waals surface area contributed by atoms with Gasteiger partial charge in [0.15, 0.2) is 9.84 Å². The summed E-state index contributed by atoms with van der Waals surface area (Å²) in [5.41, 5.74) is 1.18. The molecule has 1 atom stereocenters. The number of aromatic nitrogens is 2. The number of benzene rings is 1. The van der Waals surface area contributed by atoms with Crippen molar-refractivity contribution in [2.24, 2.45) is 0 Å². The van der Waals surface area contributed by atoms with Crippen LogP contribution >= 0.6 is 11.6 Å². The van der Waals surface area contributed by atoms with Crippen molar-refractivity contribution < 1.29 is 8.42 Å². The Labute approximate surface area is 123 Å². The molecular weight excluding hydrogens is 296 g/mol. The smallest absolute Gasteiger partial charge is 0.152 e. The van der Waals surface area contributed by atoms with Crippen LogP contribution in [-0.4, -0.2) is 29.7 Å². The molecule has 1 fully saturated rings.